The van der Waals surface area contributed by atoms with Crippen molar-refractivity contribution in [3.8, 4) is 0 Å². The predicted octanol–water partition coefficient (Wildman–Crippen LogP) is 0.715. The molecule has 2 aromatic heterocycles. The van der Waals surface area contributed by atoms with Crippen LogP contribution in [0.5, 0.6) is 0 Å². The zero-order valence-corrected chi connectivity index (χ0v) is 12.0. The Labute approximate surface area is 122 Å². The second-order valence-electron chi connectivity index (χ2n) is 5.78. The van der Waals surface area contributed by atoms with Gasteiger partial charge in [0.2, 0.25) is 0 Å². The van der Waals surface area contributed by atoms with Crippen LogP contribution in [-0.4, -0.2) is 43.7 Å². The van der Waals surface area contributed by atoms with E-state index in [2.05, 4.69) is 20.4 Å². The molecule has 0 unspecified atom stereocenters. The van der Waals surface area contributed by atoms with Crippen molar-refractivity contribution in [2.24, 2.45) is 5.41 Å². The fourth-order valence-corrected chi connectivity index (χ4v) is 2.99. The van der Waals surface area contributed by atoms with E-state index in [0.717, 1.165) is 25.7 Å². The molecule has 0 radical (unpaired) electrons. The second kappa shape index (κ2) is 5.40. The van der Waals surface area contributed by atoms with Gasteiger partial charge < -0.3 is 10.4 Å². The first-order valence-corrected chi connectivity index (χ1v) is 7.20. The number of fused-ring (bicyclic) bond motifs is 1. The van der Waals surface area contributed by atoms with Crippen molar-refractivity contribution in [2.75, 3.05) is 13.2 Å². The van der Waals surface area contributed by atoms with Crippen molar-refractivity contribution in [1.29, 1.82) is 0 Å². The molecular weight excluding hydrogens is 270 g/mol. The highest BCUT2D eigenvalue weighted by Gasteiger charge is 2.33. The third-order valence-corrected chi connectivity index (χ3v) is 4.41. The molecule has 2 heterocycles. The van der Waals surface area contributed by atoms with Gasteiger partial charge in [-0.1, -0.05) is 12.8 Å². The zero-order chi connectivity index (χ0) is 14.9. The summed E-state index contributed by atoms with van der Waals surface area (Å²) >= 11 is 0. The van der Waals surface area contributed by atoms with E-state index < -0.39 is 0 Å². The maximum Gasteiger partial charge on any atom is 0.254 e. The lowest BCUT2D eigenvalue weighted by Gasteiger charge is -2.26. The number of amides is 1. The summed E-state index contributed by atoms with van der Waals surface area (Å²) in [6.45, 7) is 2.43. The number of aliphatic hydroxyl groups is 1. The van der Waals surface area contributed by atoms with Gasteiger partial charge in [0, 0.05) is 18.2 Å². The molecule has 7 heteroatoms. The van der Waals surface area contributed by atoms with E-state index in [-0.39, 0.29) is 17.9 Å². The number of aromatic nitrogens is 4. The summed E-state index contributed by atoms with van der Waals surface area (Å²) < 4.78 is 1.55. The first kappa shape index (κ1) is 13.9. The van der Waals surface area contributed by atoms with Gasteiger partial charge in [-0.3, -0.25) is 4.79 Å². The molecule has 2 aromatic rings. The molecule has 21 heavy (non-hydrogen) atoms. The molecule has 7 nitrogen and oxygen atoms in total. The van der Waals surface area contributed by atoms with Gasteiger partial charge in [0.25, 0.3) is 11.7 Å². The molecule has 1 fully saturated rings. The number of aryl methyl sites for hydroxylation is 1. The van der Waals surface area contributed by atoms with Crippen LogP contribution in [0.25, 0.3) is 5.78 Å². The van der Waals surface area contributed by atoms with Crippen molar-refractivity contribution in [3.63, 3.8) is 0 Å². The summed E-state index contributed by atoms with van der Waals surface area (Å²) in [7, 11) is 0. The van der Waals surface area contributed by atoms with E-state index in [1.54, 1.807) is 4.52 Å². The average Bonchev–Trinajstić information content (AvgIpc) is 3.15. The number of carbonyl (C=O) groups is 1. The number of hydrogen-bond acceptors (Lipinski definition) is 5. The Morgan fingerprint density at radius 3 is 2.90 bits per heavy atom. The maximum absolute atomic E-state index is 12.4. The lowest BCUT2D eigenvalue weighted by Crippen LogP contribution is -2.38. The summed E-state index contributed by atoms with van der Waals surface area (Å²) in [5.74, 6) is 0.295. The summed E-state index contributed by atoms with van der Waals surface area (Å²) in [4.78, 5) is 20.5. The number of rotatable bonds is 4. The smallest absolute Gasteiger partial charge is 0.254 e. The average molecular weight is 289 g/mol. The third-order valence-electron chi connectivity index (χ3n) is 4.41. The van der Waals surface area contributed by atoms with Gasteiger partial charge in [-0.2, -0.15) is 10.1 Å². The minimum atomic E-state index is -0.183. The molecule has 0 bridgehead atoms. The normalized spacial score (nSPS) is 17.2. The van der Waals surface area contributed by atoms with E-state index >= 15 is 0 Å². The molecule has 1 amide bonds. The van der Waals surface area contributed by atoms with Crippen molar-refractivity contribution in [3.05, 3.63) is 23.8 Å². The fourth-order valence-electron chi connectivity index (χ4n) is 2.99. The van der Waals surface area contributed by atoms with Gasteiger partial charge in [0.15, 0.2) is 0 Å². The number of carbonyl (C=O) groups excluding carboxylic acids is 1. The van der Waals surface area contributed by atoms with Gasteiger partial charge in [0.05, 0.1) is 17.9 Å². The SMILES string of the molecule is Cc1c(C(=O)NCC2(CO)CCCC2)cnc2ncnn12. The highest BCUT2D eigenvalue weighted by atomic mass is 16.3. The number of nitrogens with zero attached hydrogens (tertiary/aromatic N) is 4. The summed E-state index contributed by atoms with van der Waals surface area (Å²) in [5.41, 5.74) is 1.03. The van der Waals surface area contributed by atoms with Crippen LogP contribution in [0, 0.1) is 12.3 Å². The highest BCUT2D eigenvalue weighted by molar-refractivity contribution is 5.95. The summed E-state index contributed by atoms with van der Waals surface area (Å²) in [6, 6.07) is 0. The Hall–Kier alpha value is -2.02. The van der Waals surface area contributed by atoms with Gasteiger partial charge in [-0.15, -0.1) is 0 Å². The molecule has 112 valence electrons. The van der Waals surface area contributed by atoms with Gasteiger partial charge >= 0.3 is 0 Å². The molecule has 1 saturated carbocycles. The summed E-state index contributed by atoms with van der Waals surface area (Å²) in [6.07, 6.45) is 7.08. The molecule has 0 spiro atoms. The fraction of sp³-hybridized carbons (Fsp3) is 0.571. The van der Waals surface area contributed by atoms with Crippen molar-refractivity contribution >= 4 is 11.7 Å². The standard InChI is InChI=1S/C14H19N5O2/c1-10-11(6-15-13-17-9-18-19(10)13)12(21)16-7-14(8-20)4-2-3-5-14/h6,9,20H,2-5,7-8H2,1H3,(H,16,21). The van der Waals surface area contributed by atoms with Gasteiger partial charge in [-0.05, 0) is 19.8 Å². The molecule has 0 aromatic carbocycles. The van der Waals surface area contributed by atoms with Crippen LogP contribution in [0.3, 0.4) is 0 Å². The van der Waals surface area contributed by atoms with Crippen LogP contribution in [0.15, 0.2) is 12.5 Å². The number of aliphatic hydroxyl groups excluding tert-OH is 1. The zero-order valence-electron chi connectivity index (χ0n) is 12.0. The molecule has 2 N–H and O–H groups in total. The molecule has 0 saturated heterocycles. The quantitative estimate of drug-likeness (QED) is 0.865. The first-order chi connectivity index (χ1) is 10.2. The van der Waals surface area contributed by atoms with E-state index in [4.69, 9.17) is 0 Å². The second-order valence-corrected chi connectivity index (χ2v) is 5.78. The van der Waals surface area contributed by atoms with Crippen LogP contribution in [0.2, 0.25) is 0 Å². The van der Waals surface area contributed by atoms with E-state index in [0.29, 0.717) is 23.6 Å². The largest absolute Gasteiger partial charge is 0.396 e. The lowest BCUT2D eigenvalue weighted by molar-refractivity contribution is 0.0879. The van der Waals surface area contributed by atoms with Crippen LogP contribution < -0.4 is 5.32 Å². The molecule has 3 rings (SSSR count). The summed E-state index contributed by atoms with van der Waals surface area (Å²) in [5, 5.41) is 16.6. The van der Waals surface area contributed by atoms with Crippen LogP contribution in [0.4, 0.5) is 0 Å². The minimum Gasteiger partial charge on any atom is -0.396 e. The Kier molecular flexibility index (Phi) is 3.59. The Bertz CT molecular complexity index is 660. The highest BCUT2D eigenvalue weighted by Crippen LogP contribution is 2.36. The van der Waals surface area contributed by atoms with E-state index in [1.807, 2.05) is 6.92 Å². The molecular formula is C14H19N5O2. The van der Waals surface area contributed by atoms with Crippen LogP contribution >= 0.6 is 0 Å². The lowest BCUT2D eigenvalue weighted by atomic mass is 9.87. The van der Waals surface area contributed by atoms with Gasteiger partial charge in [0.1, 0.15) is 6.33 Å². The molecule has 0 atom stereocenters. The van der Waals surface area contributed by atoms with E-state index in [9.17, 15) is 9.90 Å². The maximum atomic E-state index is 12.4. The Balaban J connectivity index is 1.76. The van der Waals surface area contributed by atoms with Gasteiger partial charge in [-0.25, -0.2) is 9.50 Å². The Morgan fingerprint density at radius 2 is 2.19 bits per heavy atom. The Morgan fingerprint density at radius 1 is 1.43 bits per heavy atom. The van der Waals surface area contributed by atoms with Crippen molar-refractivity contribution < 1.29 is 9.90 Å². The van der Waals surface area contributed by atoms with Crippen molar-refractivity contribution in [1.82, 2.24) is 24.9 Å². The minimum absolute atomic E-state index is 0.118. The molecule has 1 aliphatic rings. The van der Waals surface area contributed by atoms with Crippen molar-refractivity contribution in [2.45, 2.75) is 32.6 Å². The van der Waals surface area contributed by atoms with E-state index in [1.165, 1.54) is 12.5 Å². The molecule has 0 aliphatic heterocycles. The van der Waals surface area contributed by atoms with Crippen LogP contribution in [-0.2, 0) is 0 Å². The first-order valence-electron chi connectivity index (χ1n) is 7.20. The molecule has 1 aliphatic carbocycles. The number of hydrogen-bond donors (Lipinski definition) is 2. The monoisotopic (exact) mass is 289 g/mol. The topological polar surface area (TPSA) is 92.4 Å². The predicted molar refractivity (Wildman–Crippen MR) is 75.8 cm³/mol. The van der Waals surface area contributed by atoms with Crippen LogP contribution in [0.1, 0.15) is 41.7 Å². The third kappa shape index (κ3) is 2.49. The number of nitrogens with one attached hydrogen (secondary N) is 1.